The summed E-state index contributed by atoms with van der Waals surface area (Å²) in [5, 5.41) is 30.6. The van der Waals surface area contributed by atoms with Crippen molar-refractivity contribution in [2.24, 2.45) is 17.0 Å². The lowest BCUT2D eigenvalue weighted by Gasteiger charge is -2.36. The third kappa shape index (κ3) is 7.39. The van der Waals surface area contributed by atoms with E-state index in [0.29, 0.717) is 11.3 Å². The number of urea groups is 1. The average Bonchev–Trinajstić information content (AvgIpc) is 3.63. The lowest BCUT2D eigenvalue weighted by atomic mass is 9.81. The molecule has 5 amide bonds. The zero-order valence-corrected chi connectivity index (χ0v) is 27.4. The second-order valence-corrected chi connectivity index (χ2v) is 13.4. The van der Waals surface area contributed by atoms with E-state index < -0.39 is 71.5 Å². The van der Waals surface area contributed by atoms with Crippen LogP contribution < -0.4 is 21.3 Å². The Bertz CT molecular complexity index is 1690. The number of benzene rings is 2. The number of amides is 5. The van der Waals surface area contributed by atoms with Gasteiger partial charge in [0.1, 0.15) is 17.4 Å². The Labute approximate surface area is 281 Å². The van der Waals surface area contributed by atoms with Crippen LogP contribution in [0.4, 0.5) is 29.3 Å². The third-order valence-corrected chi connectivity index (χ3v) is 9.71. The molecule has 6 N–H and O–H groups in total. The molecule has 1 aliphatic heterocycles. The fourth-order valence-electron chi connectivity index (χ4n) is 6.83. The predicted octanol–water partition coefficient (Wildman–Crippen LogP) is 4.47. The molecule has 12 nitrogen and oxygen atoms in total. The monoisotopic (exact) mass is 683 g/mol. The molecule has 0 radical (unpaired) electrons. The minimum absolute atomic E-state index is 0.0306. The largest absolute Gasteiger partial charge is 0.410 e. The summed E-state index contributed by atoms with van der Waals surface area (Å²) < 4.78 is 42.6. The van der Waals surface area contributed by atoms with Gasteiger partial charge < -0.3 is 36.8 Å². The number of hydrogen-bond donors (Lipinski definition) is 6. The van der Waals surface area contributed by atoms with Gasteiger partial charge in [0.2, 0.25) is 11.8 Å². The van der Waals surface area contributed by atoms with Gasteiger partial charge in [-0.1, -0.05) is 37.2 Å². The molecule has 0 spiro atoms. The highest BCUT2D eigenvalue weighted by Gasteiger charge is 2.53. The van der Waals surface area contributed by atoms with E-state index >= 15 is 0 Å². The van der Waals surface area contributed by atoms with E-state index in [9.17, 15) is 37.6 Å². The maximum atomic E-state index is 14.6. The Morgan fingerprint density at radius 1 is 1.06 bits per heavy atom. The van der Waals surface area contributed by atoms with Gasteiger partial charge in [0.25, 0.3) is 11.8 Å². The molecular weight excluding hydrogens is 643 g/mol. The molecule has 15 heteroatoms. The minimum Gasteiger partial charge on any atom is -0.410 e. The van der Waals surface area contributed by atoms with Gasteiger partial charge in [0, 0.05) is 37.9 Å². The number of hydrogen-bond acceptors (Lipinski definition) is 7. The number of rotatable bonds is 10. The zero-order valence-electron chi connectivity index (χ0n) is 27.4. The summed E-state index contributed by atoms with van der Waals surface area (Å²) in [7, 11) is 0. The number of halogens is 3. The van der Waals surface area contributed by atoms with E-state index in [1.54, 1.807) is 24.3 Å². The van der Waals surface area contributed by atoms with Crippen LogP contribution in [0.2, 0.25) is 0 Å². The predicted molar refractivity (Wildman–Crippen MR) is 176 cm³/mol. The van der Waals surface area contributed by atoms with Crippen LogP contribution in [-0.4, -0.2) is 75.4 Å². The van der Waals surface area contributed by atoms with Crippen molar-refractivity contribution < 1.29 is 37.6 Å². The van der Waals surface area contributed by atoms with E-state index in [2.05, 4.69) is 26.4 Å². The summed E-state index contributed by atoms with van der Waals surface area (Å²) >= 11 is 0. The van der Waals surface area contributed by atoms with Crippen molar-refractivity contribution in [1.82, 2.24) is 15.5 Å². The van der Waals surface area contributed by atoms with Gasteiger partial charge in [-0.3, -0.25) is 14.4 Å². The molecule has 1 unspecified atom stereocenters. The van der Waals surface area contributed by atoms with Gasteiger partial charge in [-0.25, -0.2) is 18.0 Å². The highest BCUT2D eigenvalue weighted by molar-refractivity contribution is 6.65. The Balaban J connectivity index is 1.41. The first kappa shape index (κ1) is 35.4. The van der Waals surface area contributed by atoms with Crippen LogP contribution in [0.1, 0.15) is 57.6 Å². The summed E-state index contributed by atoms with van der Waals surface area (Å²) in [4.78, 5) is 55.4. The Morgan fingerprint density at radius 2 is 1.73 bits per heavy atom. The first-order chi connectivity index (χ1) is 23.1. The molecule has 0 bridgehead atoms. The van der Waals surface area contributed by atoms with Gasteiger partial charge in [-0.15, -0.1) is 0 Å². The van der Waals surface area contributed by atoms with Gasteiger partial charge in [-0.05, 0) is 67.0 Å². The SMILES string of the molecule is CC(=N)C(=NO)C(=O)N[C@H](C(=O)Nc1ccc2c(c1)CC(C(=O)Nc1ccccc1F)(N1C[C@@H](C(C)C)NC1=O)C2)C1CCC(F)(F)CC1. The highest BCUT2D eigenvalue weighted by atomic mass is 19.3. The molecule has 1 heterocycles. The number of para-hydroxylation sites is 1. The van der Waals surface area contributed by atoms with Crippen LogP contribution in [0.15, 0.2) is 47.6 Å². The van der Waals surface area contributed by atoms with Crippen molar-refractivity contribution in [2.75, 3.05) is 17.2 Å². The van der Waals surface area contributed by atoms with Crippen molar-refractivity contribution in [3.8, 4) is 0 Å². The van der Waals surface area contributed by atoms with Gasteiger partial charge in [0.15, 0.2) is 5.71 Å². The molecule has 262 valence electrons. The number of carbonyl (C=O) groups is 4. The number of nitrogens with zero attached hydrogens (tertiary/aromatic N) is 2. The standard InChI is InChI=1S/C34H40F3N7O5/c1-18(2)26-17-44(32(48)41-26)33(31(47)40-25-7-5-4-6-24(25)35)15-21-8-9-23(14-22(21)16-33)39-30(46)28(20-10-12-34(36,37)13-11-20)42-29(45)27(43-49)19(3)38/h4-9,14,18,20,26,28,38,49H,10-13,15-17H2,1-3H3,(H,39,46)(H,40,47)(H,41,48)(H,42,45)/t26-,28-,33?/m0/s1. The van der Waals surface area contributed by atoms with Crippen LogP contribution >= 0.6 is 0 Å². The second kappa shape index (κ2) is 13.9. The maximum absolute atomic E-state index is 14.6. The van der Waals surface area contributed by atoms with Crippen LogP contribution in [0.3, 0.4) is 0 Å². The molecule has 2 fully saturated rings. The second-order valence-electron chi connectivity index (χ2n) is 13.4. The van der Waals surface area contributed by atoms with Crippen LogP contribution in [0.5, 0.6) is 0 Å². The van der Waals surface area contributed by atoms with Gasteiger partial charge >= 0.3 is 6.03 Å². The molecule has 0 aromatic heterocycles. The topological polar surface area (TPSA) is 176 Å². The Morgan fingerprint density at radius 3 is 2.35 bits per heavy atom. The molecule has 2 aromatic carbocycles. The smallest absolute Gasteiger partial charge is 0.318 e. The van der Waals surface area contributed by atoms with Crippen molar-refractivity contribution >= 4 is 46.6 Å². The summed E-state index contributed by atoms with van der Waals surface area (Å²) in [6, 6.07) is 8.75. The summed E-state index contributed by atoms with van der Waals surface area (Å²) in [6.45, 7) is 5.38. The van der Waals surface area contributed by atoms with E-state index in [1.807, 2.05) is 13.8 Å². The molecule has 1 saturated carbocycles. The number of carbonyl (C=O) groups excluding carboxylic acids is 4. The molecular formula is C34H40F3N7O5. The zero-order chi connectivity index (χ0) is 35.7. The first-order valence-corrected chi connectivity index (χ1v) is 16.2. The summed E-state index contributed by atoms with van der Waals surface area (Å²) in [5.41, 5.74) is -0.762. The molecule has 2 aliphatic carbocycles. The Kier molecular flexibility index (Phi) is 10.0. The minimum atomic E-state index is -2.89. The van der Waals surface area contributed by atoms with E-state index in [1.165, 1.54) is 30.0 Å². The number of nitrogens with one attached hydrogen (secondary N) is 5. The summed E-state index contributed by atoms with van der Waals surface area (Å²) in [6.07, 6.45) is -0.883. The lowest BCUT2D eigenvalue weighted by molar-refractivity contribution is -0.126. The fraction of sp³-hybridized carbons (Fsp3) is 0.471. The number of fused-ring (bicyclic) bond motifs is 1. The molecule has 1 saturated heterocycles. The van der Waals surface area contributed by atoms with E-state index in [4.69, 9.17) is 5.41 Å². The van der Waals surface area contributed by atoms with Crippen molar-refractivity contribution in [3.63, 3.8) is 0 Å². The number of anilines is 2. The normalized spacial score (nSPS) is 22.7. The highest BCUT2D eigenvalue weighted by Crippen LogP contribution is 2.40. The third-order valence-electron chi connectivity index (χ3n) is 9.71. The molecule has 5 rings (SSSR count). The van der Waals surface area contributed by atoms with E-state index in [-0.39, 0.29) is 55.6 Å². The van der Waals surface area contributed by atoms with Crippen LogP contribution in [-0.2, 0) is 27.2 Å². The van der Waals surface area contributed by atoms with Gasteiger partial charge in [0.05, 0.1) is 17.4 Å². The number of alkyl halides is 2. The molecule has 2 aromatic rings. The van der Waals surface area contributed by atoms with Crippen LogP contribution in [0, 0.1) is 23.1 Å². The number of oxime groups is 1. The average molecular weight is 684 g/mol. The Hall–Kier alpha value is -4.95. The van der Waals surface area contributed by atoms with Crippen LogP contribution in [0.25, 0.3) is 0 Å². The van der Waals surface area contributed by atoms with E-state index in [0.717, 1.165) is 5.56 Å². The van der Waals surface area contributed by atoms with Crippen molar-refractivity contribution in [2.45, 2.75) is 82.8 Å². The van der Waals surface area contributed by atoms with Crippen molar-refractivity contribution in [1.29, 1.82) is 5.41 Å². The summed E-state index contributed by atoms with van der Waals surface area (Å²) in [5.74, 6) is -6.39. The van der Waals surface area contributed by atoms with Crippen molar-refractivity contribution in [3.05, 3.63) is 59.4 Å². The molecule has 49 heavy (non-hydrogen) atoms. The van der Waals surface area contributed by atoms with Gasteiger partial charge in [-0.2, -0.15) is 0 Å². The molecule has 3 atom stereocenters. The maximum Gasteiger partial charge on any atom is 0.318 e. The quantitative estimate of drug-likeness (QED) is 0.123. The molecule has 3 aliphatic rings. The first-order valence-electron chi connectivity index (χ1n) is 16.2. The fourth-order valence-corrected chi connectivity index (χ4v) is 6.83. The lowest BCUT2D eigenvalue weighted by Crippen LogP contribution is -2.59.